The molecule has 0 aliphatic rings. The Bertz CT molecular complexity index is 3910. The summed E-state index contributed by atoms with van der Waals surface area (Å²) in [6.07, 6.45) is 0. The van der Waals surface area contributed by atoms with E-state index in [9.17, 15) is 0 Å². The Morgan fingerprint density at radius 3 is 1.62 bits per heavy atom. The molecule has 0 saturated heterocycles. The summed E-state index contributed by atoms with van der Waals surface area (Å²) in [5.74, 6) is 0. The summed E-state index contributed by atoms with van der Waals surface area (Å²) < 4.78 is 7.68. The summed E-state index contributed by atoms with van der Waals surface area (Å²) in [5, 5.41) is 7.64. The van der Waals surface area contributed by atoms with Crippen molar-refractivity contribution in [3.05, 3.63) is 231 Å². The molecule has 3 heterocycles. The molecular formula is C60H38N2S2. The summed E-state index contributed by atoms with van der Waals surface area (Å²) in [4.78, 5) is 2.49. The Morgan fingerprint density at radius 1 is 0.312 bits per heavy atom. The predicted octanol–water partition coefficient (Wildman–Crippen LogP) is 18.0. The normalized spacial score (nSPS) is 11.8. The maximum absolute atomic E-state index is 2.49. The van der Waals surface area contributed by atoms with Crippen molar-refractivity contribution in [2.24, 2.45) is 0 Å². The average molecular weight is 851 g/mol. The lowest BCUT2D eigenvalue weighted by Crippen LogP contribution is -2.11. The molecule has 0 atom stereocenters. The molecule has 13 aromatic rings. The number of nitrogens with zero attached hydrogens (tertiary/aromatic N) is 2. The monoisotopic (exact) mass is 850 g/mol. The molecule has 0 aliphatic heterocycles. The van der Waals surface area contributed by atoms with Crippen molar-refractivity contribution in [3.63, 3.8) is 0 Å². The van der Waals surface area contributed by atoms with Gasteiger partial charge in [0.15, 0.2) is 0 Å². The highest BCUT2D eigenvalue weighted by molar-refractivity contribution is 7.26. The number of hydrogen-bond donors (Lipinski definition) is 0. The summed E-state index contributed by atoms with van der Waals surface area (Å²) in [5.41, 5.74) is 14.0. The van der Waals surface area contributed by atoms with Gasteiger partial charge in [-0.2, -0.15) is 0 Å². The zero-order valence-electron chi connectivity index (χ0n) is 34.7. The Hall–Kier alpha value is -7.76. The van der Waals surface area contributed by atoms with Gasteiger partial charge in [-0.25, -0.2) is 0 Å². The van der Waals surface area contributed by atoms with Crippen molar-refractivity contribution in [3.8, 4) is 39.1 Å². The molecule has 4 heteroatoms. The molecule has 0 saturated carbocycles. The second kappa shape index (κ2) is 15.0. The number of thiophene rings is 2. The number of rotatable bonds is 7. The molecule has 0 radical (unpaired) electrons. The van der Waals surface area contributed by atoms with E-state index in [-0.39, 0.29) is 0 Å². The SMILES string of the molecule is c1ccc(-c2ccccc2-n2c3ccccc3c3ccc(N(c4ccccc4)c4cc(-c5cccc6c5sc5ccccc56)ccc4-c4cccc5c4sc4ccccc45)cc32)cc1. The molecule has 0 fully saturated rings. The Balaban J connectivity index is 1.11. The third kappa shape index (κ3) is 5.84. The molecule has 64 heavy (non-hydrogen) atoms. The summed E-state index contributed by atoms with van der Waals surface area (Å²) in [6.45, 7) is 0. The van der Waals surface area contributed by atoms with Gasteiger partial charge in [-0.05, 0) is 71.3 Å². The molecule has 0 bridgehead atoms. The largest absolute Gasteiger partial charge is 0.310 e. The highest BCUT2D eigenvalue weighted by atomic mass is 32.1. The van der Waals surface area contributed by atoms with Crippen LogP contribution in [0.3, 0.4) is 0 Å². The number of anilines is 3. The van der Waals surface area contributed by atoms with Gasteiger partial charge in [0.25, 0.3) is 0 Å². The van der Waals surface area contributed by atoms with E-state index < -0.39 is 0 Å². The third-order valence-electron chi connectivity index (χ3n) is 12.8. The Morgan fingerprint density at radius 2 is 0.875 bits per heavy atom. The van der Waals surface area contributed by atoms with E-state index in [1.54, 1.807) is 0 Å². The van der Waals surface area contributed by atoms with Gasteiger partial charge in [0.05, 0.1) is 22.4 Å². The molecule has 0 N–H and O–H groups in total. The number of hydrogen-bond acceptors (Lipinski definition) is 3. The second-order valence-electron chi connectivity index (χ2n) is 16.4. The van der Waals surface area contributed by atoms with Crippen LogP contribution in [-0.4, -0.2) is 4.57 Å². The molecule has 0 aliphatic carbocycles. The maximum atomic E-state index is 2.49. The van der Waals surface area contributed by atoms with Gasteiger partial charge in [0, 0.05) is 79.2 Å². The fourth-order valence-electron chi connectivity index (χ4n) is 9.94. The van der Waals surface area contributed by atoms with Crippen molar-refractivity contribution in [1.82, 2.24) is 4.57 Å². The highest BCUT2D eigenvalue weighted by Crippen LogP contribution is 2.49. The van der Waals surface area contributed by atoms with Crippen LogP contribution in [-0.2, 0) is 0 Å². The number of benzene rings is 10. The van der Waals surface area contributed by atoms with Gasteiger partial charge in [0.2, 0.25) is 0 Å². The predicted molar refractivity (Wildman–Crippen MR) is 278 cm³/mol. The fourth-order valence-corrected chi connectivity index (χ4v) is 12.4. The number of para-hydroxylation sites is 3. The van der Waals surface area contributed by atoms with Crippen LogP contribution in [0.15, 0.2) is 231 Å². The lowest BCUT2D eigenvalue weighted by molar-refractivity contribution is 1.18. The van der Waals surface area contributed by atoms with Gasteiger partial charge in [-0.3, -0.25) is 0 Å². The van der Waals surface area contributed by atoms with Crippen LogP contribution in [0.4, 0.5) is 17.1 Å². The summed E-state index contributed by atoms with van der Waals surface area (Å²) in [7, 11) is 0. The van der Waals surface area contributed by atoms with E-state index in [1.165, 1.54) is 90.0 Å². The molecular weight excluding hydrogens is 813 g/mol. The molecule has 2 nitrogen and oxygen atoms in total. The summed E-state index contributed by atoms with van der Waals surface area (Å²) >= 11 is 3.77. The smallest absolute Gasteiger partial charge is 0.0562 e. The minimum atomic E-state index is 1.09. The number of fused-ring (bicyclic) bond motifs is 9. The van der Waals surface area contributed by atoms with E-state index in [2.05, 4.69) is 240 Å². The molecule has 0 amide bonds. The molecule has 10 aromatic carbocycles. The fraction of sp³-hybridized carbons (Fsp3) is 0. The van der Waals surface area contributed by atoms with Gasteiger partial charge >= 0.3 is 0 Å². The minimum absolute atomic E-state index is 1.09. The van der Waals surface area contributed by atoms with Crippen LogP contribution in [0.5, 0.6) is 0 Å². The van der Waals surface area contributed by atoms with E-state index in [0.29, 0.717) is 0 Å². The average Bonchev–Trinajstić information content (AvgIpc) is 4.04. The molecule has 300 valence electrons. The van der Waals surface area contributed by atoms with Gasteiger partial charge in [-0.1, -0.05) is 176 Å². The van der Waals surface area contributed by atoms with Crippen LogP contribution in [0, 0.1) is 0 Å². The van der Waals surface area contributed by atoms with E-state index in [4.69, 9.17) is 0 Å². The second-order valence-corrected chi connectivity index (χ2v) is 18.5. The van der Waals surface area contributed by atoms with Crippen molar-refractivity contribution < 1.29 is 0 Å². The first-order valence-electron chi connectivity index (χ1n) is 21.8. The van der Waals surface area contributed by atoms with E-state index >= 15 is 0 Å². The van der Waals surface area contributed by atoms with E-state index in [1.807, 2.05) is 22.7 Å². The third-order valence-corrected chi connectivity index (χ3v) is 15.2. The standard InChI is InChI=1S/C60H38N2S2/c1-3-17-39(18-4-1)43-21-7-11-29-53(43)62-54-30-12-8-22-45(54)46-36-34-42(38-56(46)62)61(41-19-5-2-6-20-41)55-37-40(44-25-15-27-51-48-23-9-13-31-57(48)63-59(44)51)33-35-47(55)50-26-16-28-52-49-24-10-14-32-58(49)64-60(50)52/h1-38H. The molecule has 13 rings (SSSR count). The van der Waals surface area contributed by atoms with Crippen LogP contribution < -0.4 is 4.90 Å². The Kier molecular flexibility index (Phi) is 8.61. The first kappa shape index (κ1) is 36.9. The van der Waals surface area contributed by atoms with Crippen LogP contribution in [0.1, 0.15) is 0 Å². The topological polar surface area (TPSA) is 8.17 Å². The van der Waals surface area contributed by atoms with Crippen molar-refractivity contribution >= 4 is 102 Å². The Labute approximate surface area is 378 Å². The maximum Gasteiger partial charge on any atom is 0.0562 e. The lowest BCUT2D eigenvalue weighted by atomic mass is 9.95. The van der Waals surface area contributed by atoms with Crippen molar-refractivity contribution in [2.75, 3.05) is 4.90 Å². The van der Waals surface area contributed by atoms with Crippen LogP contribution in [0.2, 0.25) is 0 Å². The van der Waals surface area contributed by atoms with Crippen LogP contribution in [0.25, 0.3) is 101 Å². The van der Waals surface area contributed by atoms with Gasteiger partial charge in [-0.15, -0.1) is 22.7 Å². The van der Waals surface area contributed by atoms with Gasteiger partial charge in [0.1, 0.15) is 0 Å². The number of aromatic nitrogens is 1. The van der Waals surface area contributed by atoms with Crippen LogP contribution >= 0.6 is 22.7 Å². The minimum Gasteiger partial charge on any atom is -0.310 e. The highest BCUT2D eigenvalue weighted by Gasteiger charge is 2.24. The van der Waals surface area contributed by atoms with Crippen molar-refractivity contribution in [2.45, 2.75) is 0 Å². The molecule has 0 unspecified atom stereocenters. The van der Waals surface area contributed by atoms with E-state index in [0.717, 1.165) is 28.3 Å². The lowest BCUT2D eigenvalue weighted by Gasteiger charge is -2.29. The molecule has 3 aromatic heterocycles. The van der Waals surface area contributed by atoms with Gasteiger partial charge < -0.3 is 9.47 Å². The van der Waals surface area contributed by atoms with Crippen molar-refractivity contribution in [1.29, 1.82) is 0 Å². The molecule has 0 spiro atoms. The zero-order chi connectivity index (χ0) is 42.1. The zero-order valence-corrected chi connectivity index (χ0v) is 36.3. The summed E-state index contributed by atoms with van der Waals surface area (Å²) in [6, 6.07) is 84.7. The first-order valence-corrected chi connectivity index (χ1v) is 23.4. The quantitative estimate of drug-likeness (QED) is 0.155. The first-order chi connectivity index (χ1) is 31.8.